The lowest BCUT2D eigenvalue weighted by Crippen LogP contribution is -2.28. The van der Waals surface area contributed by atoms with Gasteiger partial charge in [-0.2, -0.15) is 0 Å². The fourth-order valence-electron chi connectivity index (χ4n) is 3.15. The van der Waals surface area contributed by atoms with Crippen LogP contribution in [0.15, 0.2) is 48.8 Å². The Morgan fingerprint density at radius 3 is 2.57 bits per heavy atom. The number of nitrogens with one attached hydrogen (secondary N) is 1. The number of likely N-dealkylation sites (tertiary alicyclic amines) is 1. The highest BCUT2D eigenvalue weighted by Crippen LogP contribution is 2.25. The molecule has 0 spiro atoms. The second-order valence-corrected chi connectivity index (χ2v) is 6.16. The Morgan fingerprint density at radius 1 is 0.957 bits per heavy atom. The Morgan fingerprint density at radius 2 is 1.74 bits per heavy atom. The van der Waals surface area contributed by atoms with Gasteiger partial charge in [0.05, 0.1) is 17.4 Å². The second kappa shape index (κ2) is 6.42. The fourth-order valence-corrected chi connectivity index (χ4v) is 3.15. The molecule has 0 bridgehead atoms. The maximum atomic E-state index is 5.94. The van der Waals surface area contributed by atoms with Crippen LogP contribution in [0.5, 0.6) is 11.5 Å². The van der Waals surface area contributed by atoms with Crippen molar-refractivity contribution in [3.05, 3.63) is 54.4 Å². The highest BCUT2D eigenvalue weighted by molar-refractivity contribution is 5.76. The maximum Gasteiger partial charge on any atom is 0.129 e. The number of nitrogens with zero attached hydrogens (tertiary/aromatic N) is 2. The standard InChI is InChI=1S/C19H21N3O/c1-2-10-22(11-3-1)13-15-4-6-16(7-5-15)23-17-8-9-18-19(12-17)21-14-20-18/h4-9,12,14H,1-3,10-11,13H2,(H,20,21). The lowest BCUT2D eigenvalue weighted by atomic mass is 10.1. The molecule has 1 aliphatic rings. The fraction of sp³-hybridized carbons (Fsp3) is 0.316. The van der Waals surface area contributed by atoms with Crippen molar-refractivity contribution < 1.29 is 4.74 Å². The summed E-state index contributed by atoms with van der Waals surface area (Å²) < 4.78 is 5.94. The van der Waals surface area contributed by atoms with Crippen molar-refractivity contribution in [2.75, 3.05) is 13.1 Å². The highest BCUT2D eigenvalue weighted by atomic mass is 16.5. The van der Waals surface area contributed by atoms with Crippen LogP contribution in [0, 0.1) is 0 Å². The number of H-pyrrole nitrogens is 1. The molecule has 2 aromatic carbocycles. The van der Waals surface area contributed by atoms with Crippen LogP contribution in [0.4, 0.5) is 0 Å². The molecule has 1 fully saturated rings. The van der Waals surface area contributed by atoms with E-state index in [2.05, 4.69) is 39.1 Å². The molecule has 0 amide bonds. The van der Waals surface area contributed by atoms with Crippen LogP contribution >= 0.6 is 0 Å². The quantitative estimate of drug-likeness (QED) is 0.779. The average Bonchev–Trinajstić information content (AvgIpc) is 3.05. The van der Waals surface area contributed by atoms with Gasteiger partial charge in [0.25, 0.3) is 0 Å². The smallest absolute Gasteiger partial charge is 0.129 e. The van der Waals surface area contributed by atoms with Gasteiger partial charge in [0, 0.05) is 12.6 Å². The first-order valence-electron chi connectivity index (χ1n) is 8.29. The molecular formula is C19H21N3O. The average molecular weight is 307 g/mol. The van der Waals surface area contributed by atoms with Gasteiger partial charge in [0.2, 0.25) is 0 Å². The maximum absolute atomic E-state index is 5.94. The zero-order chi connectivity index (χ0) is 15.5. The van der Waals surface area contributed by atoms with Crippen molar-refractivity contribution in [2.24, 2.45) is 0 Å². The van der Waals surface area contributed by atoms with E-state index in [1.165, 1.54) is 37.9 Å². The first-order valence-corrected chi connectivity index (χ1v) is 8.29. The summed E-state index contributed by atoms with van der Waals surface area (Å²) in [6, 6.07) is 14.3. The summed E-state index contributed by atoms with van der Waals surface area (Å²) >= 11 is 0. The number of ether oxygens (including phenoxy) is 1. The Balaban J connectivity index is 1.42. The zero-order valence-electron chi connectivity index (χ0n) is 13.2. The third-order valence-electron chi connectivity index (χ3n) is 4.41. The van der Waals surface area contributed by atoms with Crippen LogP contribution in [-0.2, 0) is 6.54 Å². The van der Waals surface area contributed by atoms with Crippen LogP contribution < -0.4 is 4.74 Å². The molecule has 0 atom stereocenters. The van der Waals surface area contributed by atoms with E-state index in [1.807, 2.05) is 18.2 Å². The van der Waals surface area contributed by atoms with E-state index < -0.39 is 0 Å². The van der Waals surface area contributed by atoms with Gasteiger partial charge in [0.1, 0.15) is 11.5 Å². The molecule has 2 heterocycles. The van der Waals surface area contributed by atoms with Crippen LogP contribution in [0.1, 0.15) is 24.8 Å². The summed E-state index contributed by atoms with van der Waals surface area (Å²) in [7, 11) is 0. The number of piperidine rings is 1. The molecule has 3 aromatic rings. The van der Waals surface area contributed by atoms with Gasteiger partial charge >= 0.3 is 0 Å². The molecule has 1 aromatic heterocycles. The normalized spacial score (nSPS) is 15.8. The van der Waals surface area contributed by atoms with Crippen molar-refractivity contribution in [3.63, 3.8) is 0 Å². The van der Waals surface area contributed by atoms with Crippen molar-refractivity contribution in [2.45, 2.75) is 25.8 Å². The molecule has 0 saturated carbocycles. The van der Waals surface area contributed by atoms with Gasteiger partial charge in [-0.3, -0.25) is 4.90 Å². The molecule has 23 heavy (non-hydrogen) atoms. The Labute approximate surface area is 136 Å². The molecular weight excluding hydrogens is 286 g/mol. The molecule has 118 valence electrons. The number of fused-ring (bicyclic) bond motifs is 1. The summed E-state index contributed by atoms with van der Waals surface area (Å²) in [5, 5.41) is 0. The lowest BCUT2D eigenvalue weighted by Gasteiger charge is -2.26. The lowest BCUT2D eigenvalue weighted by molar-refractivity contribution is 0.221. The van der Waals surface area contributed by atoms with E-state index in [1.54, 1.807) is 6.33 Å². The third kappa shape index (κ3) is 3.37. The van der Waals surface area contributed by atoms with Gasteiger partial charge in [-0.25, -0.2) is 4.98 Å². The molecule has 4 nitrogen and oxygen atoms in total. The number of benzene rings is 2. The minimum Gasteiger partial charge on any atom is -0.457 e. The van der Waals surface area contributed by atoms with Gasteiger partial charge in [-0.05, 0) is 55.8 Å². The first kappa shape index (κ1) is 14.3. The zero-order valence-corrected chi connectivity index (χ0v) is 13.2. The van der Waals surface area contributed by atoms with Crippen LogP contribution in [-0.4, -0.2) is 28.0 Å². The SMILES string of the molecule is c1nc2ccc(Oc3ccc(CN4CCCCC4)cc3)cc2[nH]1. The number of hydrogen-bond donors (Lipinski definition) is 1. The number of rotatable bonds is 4. The highest BCUT2D eigenvalue weighted by Gasteiger charge is 2.10. The van der Waals surface area contributed by atoms with Crippen LogP contribution in [0.3, 0.4) is 0 Å². The molecule has 1 N–H and O–H groups in total. The molecule has 4 heteroatoms. The van der Waals surface area contributed by atoms with Crippen molar-refractivity contribution in [1.82, 2.24) is 14.9 Å². The number of hydrogen-bond acceptors (Lipinski definition) is 3. The Hall–Kier alpha value is -2.33. The third-order valence-corrected chi connectivity index (χ3v) is 4.41. The van der Waals surface area contributed by atoms with E-state index in [9.17, 15) is 0 Å². The van der Waals surface area contributed by atoms with Gasteiger partial charge in [0.15, 0.2) is 0 Å². The minimum atomic E-state index is 0.825. The molecule has 1 saturated heterocycles. The van der Waals surface area contributed by atoms with E-state index in [-0.39, 0.29) is 0 Å². The monoisotopic (exact) mass is 307 g/mol. The van der Waals surface area contributed by atoms with Crippen LogP contribution in [0.2, 0.25) is 0 Å². The van der Waals surface area contributed by atoms with Gasteiger partial charge in [-0.1, -0.05) is 18.6 Å². The molecule has 0 radical (unpaired) electrons. The Kier molecular flexibility index (Phi) is 3.99. The summed E-state index contributed by atoms with van der Waals surface area (Å²) in [5.41, 5.74) is 3.29. The van der Waals surface area contributed by atoms with Crippen molar-refractivity contribution >= 4 is 11.0 Å². The van der Waals surface area contributed by atoms with Gasteiger partial charge in [-0.15, -0.1) is 0 Å². The predicted molar refractivity (Wildman–Crippen MR) is 91.7 cm³/mol. The van der Waals surface area contributed by atoms with Crippen molar-refractivity contribution in [3.8, 4) is 11.5 Å². The second-order valence-electron chi connectivity index (χ2n) is 6.16. The van der Waals surface area contributed by atoms with E-state index >= 15 is 0 Å². The summed E-state index contributed by atoms with van der Waals surface area (Å²) in [6.07, 6.45) is 5.74. The topological polar surface area (TPSA) is 41.1 Å². The van der Waals surface area contributed by atoms with E-state index in [0.29, 0.717) is 0 Å². The number of imidazole rings is 1. The summed E-state index contributed by atoms with van der Waals surface area (Å²) in [6.45, 7) is 3.49. The largest absolute Gasteiger partial charge is 0.457 e. The van der Waals surface area contributed by atoms with E-state index in [4.69, 9.17) is 4.74 Å². The first-order chi connectivity index (χ1) is 11.4. The summed E-state index contributed by atoms with van der Waals surface area (Å²) in [4.78, 5) is 9.86. The predicted octanol–water partition coefficient (Wildman–Crippen LogP) is 4.34. The van der Waals surface area contributed by atoms with Crippen molar-refractivity contribution in [1.29, 1.82) is 0 Å². The molecule has 1 aliphatic heterocycles. The van der Waals surface area contributed by atoms with E-state index in [0.717, 1.165) is 29.1 Å². The molecule has 4 rings (SSSR count). The summed E-state index contributed by atoms with van der Waals surface area (Å²) in [5.74, 6) is 1.69. The number of aromatic amines is 1. The Bertz CT molecular complexity index is 773. The molecule has 0 unspecified atom stereocenters. The minimum absolute atomic E-state index is 0.825. The molecule has 0 aliphatic carbocycles. The number of aromatic nitrogens is 2. The van der Waals surface area contributed by atoms with Gasteiger partial charge < -0.3 is 9.72 Å². The van der Waals surface area contributed by atoms with Crippen LogP contribution in [0.25, 0.3) is 11.0 Å².